The molecule has 0 bridgehead atoms. The van der Waals surface area contributed by atoms with Crippen molar-refractivity contribution in [2.75, 3.05) is 33.9 Å². The molecule has 1 aliphatic rings. The number of ether oxygens (including phenoxy) is 2. The minimum Gasteiger partial charge on any atom is -0.453 e. The van der Waals surface area contributed by atoms with Gasteiger partial charge in [-0.2, -0.15) is 0 Å². The van der Waals surface area contributed by atoms with Crippen LogP contribution in [0, 0.1) is 11.7 Å². The molecule has 0 radical (unpaired) electrons. The van der Waals surface area contributed by atoms with Crippen molar-refractivity contribution < 1.29 is 33.0 Å². The molecule has 57 heavy (non-hydrogen) atoms. The Kier molecular flexibility index (Phi) is 14.6. The first kappa shape index (κ1) is 42.2. The van der Waals surface area contributed by atoms with E-state index in [0.29, 0.717) is 53.9 Å². The number of nitrogens with one attached hydrogen (secondary N) is 5. The normalized spacial score (nSPS) is 14.2. The molecule has 6 rings (SSSR count). The Morgan fingerprint density at radius 2 is 1.63 bits per heavy atom. The van der Waals surface area contributed by atoms with E-state index in [2.05, 4.69) is 55.6 Å². The number of unbranched alkanes of at least 4 members (excludes halogenated alkanes) is 1. The van der Waals surface area contributed by atoms with Crippen LogP contribution in [0.4, 0.5) is 14.0 Å². The van der Waals surface area contributed by atoms with Gasteiger partial charge < -0.3 is 40.3 Å². The number of nitrogens with zero attached hydrogens (tertiary/aromatic N) is 3. The standard InChI is InChI=1S/C39H45FN8O6.C3H8/c1-22(2)35(47-39(52)54-4)37(50)48-15-7-8-32(48)36-45-29-18-27(28(40)19-30(29)46-36)25-12-10-24-17-26(13-11-23(24)16-25)31-20-42-33(44-31)9-5-6-14-41-34(49)21-43-38(51)53-3;1-3-2/h10-13,16-20,22,32,35H,5-9,14-15,21H2,1-4H3,(H,41,49)(H,42,44)(H,43,51)(H,45,46)(H,47,52);3H2,1-2H3. The summed E-state index contributed by atoms with van der Waals surface area (Å²) in [5.41, 5.74) is 4.12. The van der Waals surface area contributed by atoms with Crippen LogP contribution in [0.15, 0.2) is 54.7 Å². The molecule has 304 valence electrons. The Labute approximate surface area is 331 Å². The fourth-order valence-corrected chi connectivity index (χ4v) is 6.77. The molecule has 1 aliphatic heterocycles. The SMILES string of the molecule is CCC.COC(=O)NCC(=O)NCCCCc1ncc(-c2ccc3cc(-c4cc5nc(C6CCCN6C(=O)C(NC(=O)OC)C(C)C)[nH]c5cc4F)ccc3c2)[nH]1. The van der Waals surface area contributed by atoms with Crippen LogP contribution in [0.5, 0.6) is 0 Å². The van der Waals surface area contributed by atoms with E-state index in [1.54, 1.807) is 17.2 Å². The van der Waals surface area contributed by atoms with Crippen molar-refractivity contribution in [2.24, 2.45) is 5.92 Å². The Morgan fingerprint density at radius 3 is 2.33 bits per heavy atom. The number of carbonyl (C=O) groups is 4. The van der Waals surface area contributed by atoms with Gasteiger partial charge in [-0.15, -0.1) is 0 Å². The summed E-state index contributed by atoms with van der Waals surface area (Å²) >= 11 is 0. The predicted octanol–water partition coefficient (Wildman–Crippen LogP) is 7.17. The zero-order valence-electron chi connectivity index (χ0n) is 33.5. The summed E-state index contributed by atoms with van der Waals surface area (Å²) in [4.78, 5) is 66.1. The number of halogens is 1. The van der Waals surface area contributed by atoms with Gasteiger partial charge >= 0.3 is 12.2 Å². The van der Waals surface area contributed by atoms with Crippen LogP contribution < -0.4 is 16.0 Å². The largest absolute Gasteiger partial charge is 0.453 e. The first-order chi connectivity index (χ1) is 27.5. The first-order valence-corrected chi connectivity index (χ1v) is 19.5. The average molecular weight is 785 g/mol. The molecule has 5 N–H and O–H groups in total. The minimum atomic E-state index is -0.748. The maximum absolute atomic E-state index is 15.7. The second-order valence-corrected chi connectivity index (χ2v) is 14.4. The fraction of sp³-hybridized carbons (Fsp3) is 0.429. The van der Waals surface area contributed by atoms with Gasteiger partial charge in [0.1, 0.15) is 23.5 Å². The summed E-state index contributed by atoms with van der Waals surface area (Å²) in [5.74, 6) is 0.390. The maximum atomic E-state index is 15.7. The second-order valence-electron chi connectivity index (χ2n) is 14.4. The summed E-state index contributed by atoms with van der Waals surface area (Å²) in [6.45, 7) is 8.86. The maximum Gasteiger partial charge on any atom is 0.407 e. The van der Waals surface area contributed by atoms with E-state index in [9.17, 15) is 19.2 Å². The van der Waals surface area contributed by atoms with Crippen molar-refractivity contribution >= 4 is 45.8 Å². The summed E-state index contributed by atoms with van der Waals surface area (Å²) in [6, 6.07) is 14.0. The van der Waals surface area contributed by atoms with Crippen molar-refractivity contribution in [1.82, 2.24) is 40.8 Å². The van der Waals surface area contributed by atoms with Crippen LogP contribution in [-0.4, -0.2) is 88.7 Å². The number of carbonyl (C=O) groups excluding carboxylic acids is 4. The molecule has 0 spiro atoms. The number of methoxy groups -OCH3 is 2. The summed E-state index contributed by atoms with van der Waals surface area (Å²) < 4.78 is 24.8. The van der Waals surface area contributed by atoms with Crippen molar-refractivity contribution in [2.45, 2.75) is 78.3 Å². The fourth-order valence-electron chi connectivity index (χ4n) is 6.77. The summed E-state index contributed by atoms with van der Waals surface area (Å²) in [6.07, 6.45) is 5.49. The van der Waals surface area contributed by atoms with Crippen LogP contribution in [0.25, 0.3) is 44.2 Å². The Hall–Kier alpha value is -5.99. The van der Waals surface area contributed by atoms with Gasteiger partial charge in [0, 0.05) is 36.7 Å². The molecule has 2 unspecified atom stereocenters. The van der Waals surface area contributed by atoms with Gasteiger partial charge in [0.05, 0.1) is 49.7 Å². The smallest absolute Gasteiger partial charge is 0.407 e. The number of amides is 4. The van der Waals surface area contributed by atoms with Crippen molar-refractivity contribution in [3.8, 4) is 22.4 Å². The number of aromatic amines is 2. The third kappa shape index (κ3) is 10.7. The predicted molar refractivity (Wildman–Crippen MR) is 217 cm³/mol. The number of rotatable bonds is 13. The van der Waals surface area contributed by atoms with E-state index in [0.717, 1.165) is 47.1 Å². The minimum absolute atomic E-state index is 0.134. The first-order valence-electron chi connectivity index (χ1n) is 19.5. The van der Waals surface area contributed by atoms with E-state index in [-0.39, 0.29) is 30.3 Å². The van der Waals surface area contributed by atoms with Gasteiger partial charge in [0.2, 0.25) is 11.8 Å². The zero-order chi connectivity index (χ0) is 41.1. The van der Waals surface area contributed by atoms with Crippen molar-refractivity contribution in [3.63, 3.8) is 0 Å². The molecule has 15 heteroatoms. The van der Waals surface area contributed by atoms with Crippen molar-refractivity contribution in [3.05, 3.63) is 72.2 Å². The lowest BCUT2D eigenvalue weighted by Gasteiger charge is -2.29. The number of aromatic nitrogens is 4. The topological polar surface area (TPSA) is 183 Å². The molecule has 1 fully saturated rings. The third-order valence-electron chi connectivity index (χ3n) is 9.66. The quantitative estimate of drug-likeness (QED) is 0.0779. The number of imidazole rings is 2. The van der Waals surface area contributed by atoms with E-state index >= 15 is 4.39 Å². The highest BCUT2D eigenvalue weighted by atomic mass is 19.1. The monoisotopic (exact) mass is 784 g/mol. The molecule has 3 heterocycles. The lowest BCUT2D eigenvalue weighted by atomic mass is 9.98. The number of hydrogen-bond acceptors (Lipinski definition) is 8. The number of alkyl carbamates (subject to hydrolysis) is 2. The Morgan fingerprint density at radius 1 is 0.930 bits per heavy atom. The molecule has 0 aliphatic carbocycles. The molecule has 2 aromatic heterocycles. The molecule has 3 aromatic carbocycles. The molecule has 1 saturated heterocycles. The summed E-state index contributed by atoms with van der Waals surface area (Å²) in [5, 5.41) is 9.70. The average Bonchev–Trinajstić information content (AvgIpc) is 3.98. The van der Waals surface area contributed by atoms with E-state index in [1.165, 1.54) is 26.7 Å². The number of likely N-dealkylation sites (tertiary alicyclic amines) is 1. The van der Waals surface area contributed by atoms with Gasteiger partial charge in [-0.25, -0.2) is 23.9 Å². The van der Waals surface area contributed by atoms with E-state index < -0.39 is 24.0 Å². The summed E-state index contributed by atoms with van der Waals surface area (Å²) in [7, 11) is 2.50. The molecule has 5 aromatic rings. The van der Waals surface area contributed by atoms with Crippen LogP contribution in [0.2, 0.25) is 0 Å². The third-order valence-corrected chi connectivity index (χ3v) is 9.66. The number of H-pyrrole nitrogens is 2. The van der Waals surface area contributed by atoms with Gasteiger partial charge in [0.25, 0.3) is 0 Å². The van der Waals surface area contributed by atoms with E-state index in [1.807, 2.05) is 44.2 Å². The lowest BCUT2D eigenvalue weighted by molar-refractivity contribution is -0.135. The molecule has 14 nitrogen and oxygen atoms in total. The number of aryl methyl sites for hydroxylation is 1. The molecule has 0 saturated carbocycles. The molecule has 2 atom stereocenters. The van der Waals surface area contributed by atoms with Crippen LogP contribution >= 0.6 is 0 Å². The highest BCUT2D eigenvalue weighted by molar-refractivity contribution is 5.92. The lowest BCUT2D eigenvalue weighted by Crippen LogP contribution is -2.51. The van der Waals surface area contributed by atoms with Crippen LogP contribution in [-0.2, 0) is 25.5 Å². The molecular weight excluding hydrogens is 732 g/mol. The highest BCUT2D eigenvalue weighted by Gasteiger charge is 2.37. The van der Waals surface area contributed by atoms with Gasteiger partial charge in [-0.05, 0) is 66.1 Å². The highest BCUT2D eigenvalue weighted by Crippen LogP contribution is 2.35. The second kappa shape index (κ2) is 19.7. The number of hydrogen-bond donors (Lipinski definition) is 5. The van der Waals surface area contributed by atoms with Crippen LogP contribution in [0.3, 0.4) is 0 Å². The zero-order valence-corrected chi connectivity index (χ0v) is 33.5. The Bertz CT molecular complexity index is 2180. The van der Waals surface area contributed by atoms with Gasteiger partial charge in [-0.1, -0.05) is 58.4 Å². The van der Waals surface area contributed by atoms with Crippen LogP contribution in [0.1, 0.15) is 77.5 Å². The molecule has 4 amide bonds. The molecular formula is C42H53FN8O6. The van der Waals surface area contributed by atoms with Gasteiger partial charge in [-0.3, -0.25) is 9.59 Å². The Balaban J connectivity index is 0.00000200. The van der Waals surface area contributed by atoms with Gasteiger partial charge in [0.15, 0.2) is 0 Å². The number of benzene rings is 3. The van der Waals surface area contributed by atoms with E-state index in [4.69, 9.17) is 9.72 Å². The number of fused-ring (bicyclic) bond motifs is 2. The van der Waals surface area contributed by atoms with Crippen molar-refractivity contribution in [1.29, 1.82) is 0 Å².